The molecule has 2 aliphatic heterocycles. The lowest BCUT2D eigenvalue weighted by Gasteiger charge is -2.38. The van der Waals surface area contributed by atoms with Gasteiger partial charge in [-0.2, -0.15) is 0 Å². The third kappa shape index (κ3) is 4.31. The summed E-state index contributed by atoms with van der Waals surface area (Å²) in [6, 6.07) is 0.0152. The van der Waals surface area contributed by atoms with E-state index in [1.165, 1.54) is 0 Å². The molecule has 2 fully saturated rings. The minimum Gasteiger partial charge on any atom is -0.409 e. The second-order valence-corrected chi connectivity index (χ2v) is 5.53. The van der Waals surface area contributed by atoms with Crippen molar-refractivity contribution in [3.63, 3.8) is 0 Å². The number of nitrogens with zero attached hydrogens (tertiary/aromatic N) is 4. The molecular weight excluding hydrogens is 258 g/mol. The molecule has 1 unspecified atom stereocenters. The summed E-state index contributed by atoms with van der Waals surface area (Å²) in [7, 11) is 0. The van der Waals surface area contributed by atoms with Crippen LogP contribution in [0.1, 0.15) is 6.92 Å². The van der Waals surface area contributed by atoms with Gasteiger partial charge in [0.05, 0.1) is 19.3 Å². The summed E-state index contributed by atoms with van der Waals surface area (Å²) in [5, 5.41) is 11.8. The third-order valence-corrected chi connectivity index (χ3v) is 4.33. The van der Waals surface area contributed by atoms with Gasteiger partial charge in [-0.25, -0.2) is 0 Å². The molecule has 0 aliphatic carbocycles. The van der Waals surface area contributed by atoms with E-state index in [0.717, 1.165) is 65.6 Å². The van der Waals surface area contributed by atoms with Crippen molar-refractivity contribution in [1.82, 2.24) is 14.7 Å². The Labute approximate surface area is 120 Å². The van der Waals surface area contributed by atoms with E-state index < -0.39 is 0 Å². The molecule has 0 aromatic heterocycles. The zero-order valence-corrected chi connectivity index (χ0v) is 12.4. The van der Waals surface area contributed by atoms with Gasteiger partial charge in [-0.3, -0.25) is 14.7 Å². The number of rotatable bonds is 5. The van der Waals surface area contributed by atoms with Crippen LogP contribution in [0.2, 0.25) is 0 Å². The number of oxime groups is 1. The van der Waals surface area contributed by atoms with Crippen LogP contribution in [-0.2, 0) is 4.74 Å². The smallest absolute Gasteiger partial charge is 0.156 e. The highest BCUT2D eigenvalue weighted by Crippen LogP contribution is 2.07. The van der Waals surface area contributed by atoms with Gasteiger partial charge in [0.2, 0.25) is 0 Å². The molecule has 20 heavy (non-hydrogen) atoms. The quantitative estimate of drug-likeness (QED) is 0.294. The van der Waals surface area contributed by atoms with Crippen LogP contribution in [-0.4, -0.2) is 97.4 Å². The van der Waals surface area contributed by atoms with E-state index in [-0.39, 0.29) is 6.04 Å². The van der Waals surface area contributed by atoms with Gasteiger partial charge >= 0.3 is 0 Å². The van der Waals surface area contributed by atoms with Gasteiger partial charge in [-0.1, -0.05) is 5.16 Å². The van der Waals surface area contributed by atoms with E-state index in [1.54, 1.807) is 0 Å². The number of ether oxygens (including phenoxy) is 1. The highest BCUT2D eigenvalue weighted by molar-refractivity contribution is 5.84. The number of nitrogens with two attached hydrogens (primary N) is 1. The predicted molar refractivity (Wildman–Crippen MR) is 78.1 cm³/mol. The van der Waals surface area contributed by atoms with Crippen molar-refractivity contribution < 1.29 is 9.94 Å². The summed E-state index contributed by atoms with van der Waals surface area (Å²) >= 11 is 0. The second kappa shape index (κ2) is 7.78. The third-order valence-electron chi connectivity index (χ3n) is 4.33. The first kappa shape index (κ1) is 15.5. The van der Waals surface area contributed by atoms with Crippen molar-refractivity contribution in [1.29, 1.82) is 0 Å². The SMILES string of the molecule is CC(C(N)=NO)N1CCN(CCN2CCOCC2)CC1. The summed E-state index contributed by atoms with van der Waals surface area (Å²) in [6.07, 6.45) is 0. The Morgan fingerprint density at radius 1 is 1.10 bits per heavy atom. The Kier molecular flexibility index (Phi) is 6.03. The maximum atomic E-state index is 8.73. The molecule has 2 saturated heterocycles. The monoisotopic (exact) mass is 285 g/mol. The van der Waals surface area contributed by atoms with E-state index in [0.29, 0.717) is 5.84 Å². The van der Waals surface area contributed by atoms with E-state index in [9.17, 15) is 0 Å². The first-order valence-electron chi connectivity index (χ1n) is 7.44. The Hall–Kier alpha value is -0.890. The van der Waals surface area contributed by atoms with Crippen LogP contribution >= 0.6 is 0 Å². The Balaban J connectivity index is 1.66. The Morgan fingerprint density at radius 2 is 1.65 bits per heavy atom. The second-order valence-electron chi connectivity index (χ2n) is 5.53. The molecule has 3 N–H and O–H groups in total. The maximum Gasteiger partial charge on any atom is 0.156 e. The number of hydrogen-bond acceptors (Lipinski definition) is 6. The van der Waals surface area contributed by atoms with Gasteiger partial charge < -0.3 is 15.7 Å². The largest absolute Gasteiger partial charge is 0.409 e. The molecule has 116 valence electrons. The van der Waals surface area contributed by atoms with Crippen molar-refractivity contribution in [2.75, 3.05) is 65.6 Å². The van der Waals surface area contributed by atoms with E-state index in [1.807, 2.05) is 6.92 Å². The minimum atomic E-state index is 0.0152. The molecule has 0 bridgehead atoms. The zero-order chi connectivity index (χ0) is 14.4. The van der Waals surface area contributed by atoms with Gasteiger partial charge in [0.1, 0.15) is 0 Å². The lowest BCUT2D eigenvalue weighted by Crippen LogP contribution is -2.54. The number of piperazine rings is 1. The average Bonchev–Trinajstić information content (AvgIpc) is 2.53. The Bertz CT molecular complexity index is 312. The number of morpholine rings is 1. The fraction of sp³-hybridized carbons (Fsp3) is 0.923. The molecule has 7 heteroatoms. The average molecular weight is 285 g/mol. The normalized spacial score (nSPS) is 25.8. The summed E-state index contributed by atoms with van der Waals surface area (Å²) in [5.74, 6) is 0.298. The number of hydrogen-bond donors (Lipinski definition) is 2. The van der Waals surface area contributed by atoms with Crippen molar-refractivity contribution in [2.24, 2.45) is 10.9 Å². The van der Waals surface area contributed by atoms with Crippen LogP contribution < -0.4 is 5.73 Å². The molecule has 2 rings (SSSR count). The molecule has 0 spiro atoms. The first-order chi connectivity index (χ1) is 9.70. The highest BCUT2D eigenvalue weighted by Gasteiger charge is 2.23. The lowest BCUT2D eigenvalue weighted by molar-refractivity contribution is 0.0294. The summed E-state index contributed by atoms with van der Waals surface area (Å²) in [4.78, 5) is 7.22. The van der Waals surface area contributed by atoms with E-state index in [2.05, 4.69) is 19.9 Å². The van der Waals surface area contributed by atoms with Crippen LogP contribution in [0.15, 0.2) is 5.16 Å². The van der Waals surface area contributed by atoms with Crippen LogP contribution in [0.25, 0.3) is 0 Å². The molecule has 0 aromatic rings. The fourth-order valence-corrected chi connectivity index (χ4v) is 2.75. The molecule has 0 radical (unpaired) electrons. The van der Waals surface area contributed by atoms with Gasteiger partial charge in [-0.05, 0) is 6.92 Å². The van der Waals surface area contributed by atoms with Crippen LogP contribution in [0.5, 0.6) is 0 Å². The summed E-state index contributed by atoms with van der Waals surface area (Å²) in [5.41, 5.74) is 5.66. The lowest BCUT2D eigenvalue weighted by atomic mass is 10.2. The van der Waals surface area contributed by atoms with Gasteiger partial charge in [0.25, 0.3) is 0 Å². The zero-order valence-electron chi connectivity index (χ0n) is 12.4. The fourth-order valence-electron chi connectivity index (χ4n) is 2.75. The molecular formula is C13H27N5O2. The van der Waals surface area contributed by atoms with E-state index in [4.69, 9.17) is 15.7 Å². The first-order valence-corrected chi connectivity index (χ1v) is 7.44. The molecule has 2 heterocycles. The molecule has 0 amide bonds. The number of amidine groups is 1. The minimum absolute atomic E-state index is 0.0152. The molecule has 2 aliphatic rings. The topological polar surface area (TPSA) is 77.6 Å². The van der Waals surface area contributed by atoms with Crippen molar-refractivity contribution in [3.05, 3.63) is 0 Å². The molecule has 1 atom stereocenters. The molecule has 0 aromatic carbocycles. The van der Waals surface area contributed by atoms with Gasteiger partial charge in [0.15, 0.2) is 5.84 Å². The van der Waals surface area contributed by atoms with E-state index >= 15 is 0 Å². The van der Waals surface area contributed by atoms with Crippen LogP contribution in [0, 0.1) is 0 Å². The van der Waals surface area contributed by atoms with Crippen LogP contribution in [0.4, 0.5) is 0 Å². The standard InChI is InChI=1S/C13H27N5O2/c1-12(13(14)15-19)18-6-4-16(5-7-18)2-3-17-8-10-20-11-9-17/h12,19H,2-11H2,1H3,(H2,14,15). The van der Waals surface area contributed by atoms with Gasteiger partial charge in [0, 0.05) is 52.4 Å². The maximum absolute atomic E-state index is 8.73. The summed E-state index contributed by atoms with van der Waals surface area (Å²) < 4.78 is 5.36. The highest BCUT2D eigenvalue weighted by atomic mass is 16.5. The van der Waals surface area contributed by atoms with Crippen molar-refractivity contribution in [2.45, 2.75) is 13.0 Å². The molecule has 0 saturated carbocycles. The van der Waals surface area contributed by atoms with Gasteiger partial charge in [-0.15, -0.1) is 0 Å². The van der Waals surface area contributed by atoms with Crippen molar-refractivity contribution in [3.8, 4) is 0 Å². The Morgan fingerprint density at radius 3 is 2.20 bits per heavy atom. The van der Waals surface area contributed by atoms with Crippen molar-refractivity contribution >= 4 is 5.84 Å². The summed E-state index contributed by atoms with van der Waals surface area (Å²) in [6.45, 7) is 12.1. The predicted octanol–water partition coefficient (Wildman–Crippen LogP) is -0.929. The molecule has 7 nitrogen and oxygen atoms in total. The van der Waals surface area contributed by atoms with Crippen LogP contribution in [0.3, 0.4) is 0 Å².